The molecule has 0 aliphatic carbocycles. The van der Waals surface area contributed by atoms with Gasteiger partial charge >= 0.3 is 109 Å². The summed E-state index contributed by atoms with van der Waals surface area (Å²) in [4.78, 5) is -0.856. The van der Waals surface area contributed by atoms with Gasteiger partial charge in [-0.1, -0.05) is 71.1 Å². The first-order valence-corrected chi connectivity index (χ1v) is 25.1. The number of azo groups is 2. The zero-order valence-corrected chi connectivity index (χ0v) is 50.0. The fourth-order valence-corrected chi connectivity index (χ4v) is 8.70. The molecule has 26 nitrogen and oxygen atoms in total. The summed E-state index contributed by atoms with van der Waals surface area (Å²) < 4.78 is 124. The summed E-state index contributed by atoms with van der Waals surface area (Å²) in [7, 11) is -17.9. The monoisotopic (exact) mass is 1190 g/mol. The Morgan fingerprint density at radius 1 is 0.597 bits per heavy atom. The Kier molecular flexibility index (Phi) is 27.2. The number of halogens is 2. The average molecular weight is 1190 g/mol. The van der Waals surface area contributed by atoms with Gasteiger partial charge in [0.25, 0.3) is 0 Å². The first-order chi connectivity index (χ1) is 31.8. The third-order valence-corrected chi connectivity index (χ3v) is 12.9. The SMILES string of the molecule is Cc1nn(-c2ccccc2)c(N)c1N=Nc1cc(S(=O)(=O)NCCOS(=O)(=O)O)cc(Cl)c1[O-].Cc1nn(-c2ccccc2)c(N)c1N=Nc1cc(S(=O)(=O)NCCOS(=O)(=O)O)cc(Cl)c1[O-].[Co].[Na+].[Na+].[Na+]. The van der Waals surface area contributed by atoms with Crippen LogP contribution >= 0.6 is 23.2 Å². The smallest absolute Gasteiger partial charge is 0.870 e. The summed E-state index contributed by atoms with van der Waals surface area (Å²) in [6, 6.07) is 21.7. The molecule has 6 rings (SSSR count). The minimum atomic E-state index is -4.72. The van der Waals surface area contributed by atoms with Gasteiger partial charge in [-0.25, -0.2) is 44.0 Å². The molecule has 4 aromatic carbocycles. The molecule has 0 amide bonds. The van der Waals surface area contributed by atoms with E-state index in [0.29, 0.717) is 22.8 Å². The Morgan fingerprint density at radius 2 is 0.917 bits per heavy atom. The third kappa shape index (κ3) is 18.9. The molecule has 373 valence electrons. The summed E-state index contributed by atoms with van der Waals surface area (Å²) in [6.07, 6.45) is 0. The molecule has 72 heavy (non-hydrogen) atoms. The molecule has 0 fully saturated rings. The molecule has 0 atom stereocenters. The molecule has 2 heterocycles. The molecule has 0 saturated carbocycles. The molecule has 0 unspecified atom stereocenters. The van der Waals surface area contributed by atoms with Gasteiger partial charge in [-0.2, -0.15) is 37.3 Å². The van der Waals surface area contributed by atoms with Gasteiger partial charge in [0.05, 0.1) is 57.1 Å². The third-order valence-electron chi connectivity index (χ3n) is 8.51. The maximum Gasteiger partial charge on any atom is 1.00 e. The van der Waals surface area contributed by atoms with E-state index in [4.69, 9.17) is 43.8 Å². The Hall–Kier alpha value is -2.65. The fourth-order valence-electron chi connectivity index (χ4n) is 5.44. The molecule has 0 saturated heterocycles. The number of nitrogens with one attached hydrogen (secondary N) is 2. The van der Waals surface area contributed by atoms with Crippen LogP contribution in [0.5, 0.6) is 11.5 Å². The van der Waals surface area contributed by atoms with Crippen LogP contribution in [0.3, 0.4) is 0 Å². The summed E-state index contributed by atoms with van der Waals surface area (Å²) >= 11 is 11.8. The summed E-state index contributed by atoms with van der Waals surface area (Å²) in [5.41, 5.74) is 14.0. The Balaban J connectivity index is 0.000000682. The number of nitrogen functional groups attached to an aromatic ring is 2. The number of rotatable bonds is 18. The van der Waals surface area contributed by atoms with Gasteiger partial charge in [0.1, 0.15) is 0 Å². The number of para-hydroxylation sites is 2. The number of nitrogens with two attached hydrogens (primary N) is 2. The standard InChI is InChI=1S/2C18H19ClN6O7S2.Co.3Na/c2*1-11-16(18(20)25(24-11)12-5-3-2-4-6-12)23-22-15-10-13(9-14(19)17(15)26)33(27,28)21-7-8-32-34(29,30)31;;;;/h2*2-6,9-10,21,26H,7-8,20H2,1H3,(H,29,30,31);;;;/q;;;3*+1/p-2. The topological polar surface area (TPSA) is 403 Å². The molecular formula is C36H36Cl2CoN12Na3O14S4+. The van der Waals surface area contributed by atoms with Crippen molar-refractivity contribution in [3.05, 3.63) is 106 Å². The van der Waals surface area contributed by atoms with Gasteiger partial charge in [-0.15, -0.1) is 10.2 Å². The minimum Gasteiger partial charge on any atom is -0.870 e. The predicted octanol–water partition coefficient (Wildman–Crippen LogP) is -4.98. The van der Waals surface area contributed by atoms with Crippen LogP contribution in [0, 0.1) is 13.8 Å². The van der Waals surface area contributed by atoms with E-state index in [9.17, 15) is 43.9 Å². The van der Waals surface area contributed by atoms with E-state index in [1.165, 1.54) is 9.36 Å². The van der Waals surface area contributed by atoms with Crippen molar-refractivity contribution >= 4 is 98.4 Å². The van der Waals surface area contributed by atoms with E-state index in [0.717, 1.165) is 24.3 Å². The van der Waals surface area contributed by atoms with Crippen molar-refractivity contribution in [1.82, 2.24) is 29.0 Å². The van der Waals surface area contributed by atoms with Crippen molar-refractivity contribution in [3.8, 4) is 22.9 Å². The Morgan fingerprint density at radius 3 is 1.22 bits per heavy atom. The van der Waals surface area contributed by atoms with Crippen LogP contribution in [-0.2, 0) is 66.0 Å². The molecule has 1 radical (unpaired) electrons. The van der Waals surface area contributed by atoms with Gasteiger partial charge in [-0.3, -0.25) is 9.11 Å². The van der Waals surface area contributed by atoms with E-state index >= 15 is 0 Å². The molecule has 6 aromatic rings. The molecule has 0 bridgehead atoms. The maximum atomic E-state index is 12.5. The molecule has 0 spiro atoms. The van der Waals surface area contributed by atoms with Crippen LogP contribution in [0.25, 0.3) is 11.4 Å². The zero-order chi connectivity index (χ0) is 50.2. The van der Waals surface area contributed by atoms with Crippen LogP contribution in [0.1, 0.15) is 11.4 Å². The van der Waals surface area contributed by atoms with Crippen molar-refractivity contribution in [2.45, 2.75) is 23.6 Å². The van der Waals surface area contributed by atoms with Gasteiger partial charge in [0, 0.05) is 39.9 Å². The number of nitrogens with zero attached hydrogens (tertiary/aromatic N) is 8. The van der Waals surface area contributed by atoms with Crippen LogP contribution < -0.4 is 120 Å². The van der Waals surface area contributed by atoms with Gasteiger partial charge in [-0.05, 0) is 62.4 Å². The number of hydrogen-bond donors (Lipinski definition) is 6. The summed E-state index contributed by atoms with van der Waals surface area (Å²) in [5.74, 6) is -1.25. The van der Waals surface area contributed by atoms with Gasteiger partial charge < -0.3 is 21.7 Å². The fraction of sp³-hybridized carbons (Fsp3) is 0.167. The summed E-state index contributed by atoms with van der Waals surface area (Å²) in [5, 5.41) is 48.1. The van der Waals surface area contributed by atoms with Crippen LogP contribution in [0.4, 0.5) is 34.4 Å². The second-order valence-corrected chi connectivity index (χ2v) is 19.9. The second-order valence-electron chi connectivity index (χ2n) is 13.3. The predicted molar refractivity (Wildman–Crippen MR) is 241 cm³/mol. The van der Waals surface area contributed by atoms with Crippen molar-refractivity contribution < 1.29 is 167 Å². The van der Waals surface area contributed by atoms with E-state index in [1.54, 1.807) is 62.4 Å². The molecular weight excluding hydrogens is 1150 g/mol. The number of benzene rings is 4. The van der Waals surface area contributed by atoms with Crippen molar-refractivity contribution in [2.24, 2.45) is 20.5 Å². The van der Waals surface area contributed by atoms with Crippen LogP contribution in [-0.4, -0.2) is 88.6 Å². The Labute approximate surface area is 499 Å². The van der Waals surface area contributed by atoms with E-state index in [-0.39, 0.29) is 140 Å². The normalized spacial score (nSPS) is 11.8. The van der Waals surface area contributed by atoms with E-state index in [1.807, 2.05) is 21.6 Å². The number of aromatic nitrogens is 4. The van der Waals surface area contributed by atoms with Crippen molar-refractivity contribution in [2.75, 3.05) is 37.8 Å². The summed E-state index contributed by atoms with van der Waals surface area (Å²) in [6.45, 7) is 0.946. The second kappa shape index (κ2) is 29.0. The van der Waals surface area contributed by atoms with Crippen LogP contribution in [0.2, 0.25) is 10.0 Å². The molecule has 36 heteroatoms. The van der Waals surface area contributed by atoms with E-state index in [2.05, 4.69) is 39.0 Å². The molecule has 0 aliphatic heterocycles. The molecule has 0 aliphatic rings. The minimum absolute atomic E-state index is 0. The molecule has 8 N–H and O–H groups in total. The molecule has 2 aromatic heterocycles. The number of hydrogen-bond acceptors (Lipinski definition) is 20. The first-order valence-electron chi connectivity index (χ1n) is 18.7. The number of aryl methyl sites for hydroxylation is 2. The number of sulfonamides is 2. The quantitative estimate of drug-likeness (QED) is 0.0203. The van der Waals surface area contributed by atoms with E-state index < -0.39 is 98.5 Å². The largest absolute Gasteiger partial charge is 1.00 e. The first kappa shape index (κ1) is 67.4. The van der Waals surface area contributed by atoms with Crippen LogP contribution in [0.15, 0.2) is 115 Å². The average Bonchev–Trinajstić information content (AvgIpc) is 3.73. The van der Waals surface area contributed by atoms with Crippen molar-refractivity contribution in [3.63, 3.8) is 0 Å². The number of anilines is 2. The van der Waals surface area contributed by atoms with Crippen molar-refractivity contribution in [1.29, 1.82) is 0 Å². The van der Waals surface area contributed by atoms with Gasteiger partial charge in [0.2, 0.25) is 20.0 Å². The van der Waals surface area contributed by atoms with Gasteiger partial charge in [0.15, 0.2) is 23.0 Å². The maximum absolute atomic E-state index is 12.5. The Bertz CT molecular complexity index is 3130. The zero-order valence-electron chi connectivity index (χ0n) is 38.2.